The number of nitrogens with zero attached hydrogens (tertiary/aromatic N) is 1. The molecule has 0 atom stereocenters. The second-order valence-electron chi connectivity index (χ2n) is 6.35. The van der Waals surface area contributed by atoms with Crippen molar-refractivity contribution in [1.29, 1.82) is 0 Å². The molecule has 0 saturated carbocycles. The molecule has 2 rings (SSSR count). The molecule has 1 heterocycles. The molecule has 0 saturated heterocycles. The fraction of sp³-hybridized carbons (Fsp3) is 0.500. The van der Waals surface area contributed by atoms with Gasteiger partial charge in [-0.3, -0.25) is 4.79 Å². The highest BCUT2D eigenvalue weighted by Gasteiger charge is 2.31. The Morgan fingerprint density at radius 2 is 1.67 bits per heavy atom. The first-order valence-corrected chi connectivity index (χ1v) is 9.01. The van der Waals surface area contributed by atoms with E-state index in [2.05, 4.69) is 6.92 Å². The van der Waals surface area contributed by atoms with Crippen molar-refractivity contribution in [3.05, 3.63) is 35.9 Å². The normalized spacial score (nSPS) is 15.1. The summed E-state index contributed by atoms with van der Waals surface area (Å²) in [7, 11) is 0. The number of hydrogen-bond donors (Lipinski definition) is 1. The van der Waals surface area contributed by atoms with Crippen molar-refractivity contribution in [1.82, 2.24) is 0 Å². The van der Waals surface area contributed by atoms with E-state index in [0.29, 0.717) is 6.54 Å². The highest BCUT2D eigenvalue weighted by molar-refractivity contribution is 6.34. The van der Waals surface area contributed by atoms with E-state index in [-0.39, 0.29) is 11.5 Å². The maximum atomic E-state index is 12.5. The summed E-state index contributed by atoms with van der Waals surface area (Å²) in [6.45, 7) is 2.87. The summed E-state index contributed by atoms with van der Waals surface area (Å²) in [4.78, 5) is 25.2. The van der Waals surface area contributed by atoms with E-state index in [9.17, 15) is 9.59 Å². The summed E-state index contributed by atoms with van der Waals surface area (Å²) >= 11 is 0. The lowest BCUT2D eigenvalue weighted by Gasteiger charge is -2.16. The van der Waals surface area contributed by atoms with Crippen LogP contribution in [0.5, 0.6) is 0 Å². The predicted octanol–water partition coefficient (Wildman–Crippen LogP) is 4.64. The van der Waals surface area contributed by atoms with Crippen molar-refractivity contribution in [2.24, 2.45) is 0 Å². The number of aliphatic carboxylic acids is 1. The third-order valence-electron chi connectivity index (χ3n) is 4.46. The van der Waals surface area contributed by atoms with Gasteiger partial charge >= 0.3 is 5.97 Å². The number of carboxylic acids is 1. The van der Waals surface area contributed by atoms with E-state index >= 15 is 0 Å². The van der Waals surface area contributed by atoms with Gasteiger partial charge in [-0.2, -0.15) is 0 Å². The monoisotopic (exact) mass is 329 g/mol. The second kappa shape index (κ2) is 9.26. The van der Waals surface area contributed by atoms with Crippen LogP contribution in [-0.4, -0.2) is 23.5 Å². The summed E-state index contributed by atoms with van der Waals surface area (Å²) in [5.41, 5.74) is 1.85. The van der Waals surface area contributed by atoms with Crippen molar-refractivity contribution in [3.63, 3.8) is 0 Å². The standard InChI is InChI=1S/C20H27NO3/c1-2-3-4-5-6-7-8-11-14-21-18-13-10-9-12-16(18)17(20(21)24)15-19(22)23/h9-10,12-13,15H,2-8,11,14H2,1H3,(H,22,23)/b17-15-. The van der Waals surface area contributed by atoms with Gasteiger partial charge in [-0.15, -0.1) is 0 Å². The van der Waals surface area contributed by atoms with Gasteiger partial charge in [0.25, 0.3) is 5.91 Å². The molecule has 1 aromatic rings. The average Bonchev–Trinajstić information content (AvgIpc) is 2.82. The lowest BCUT2D eigenvalue weighted by Crippen LogP contribution is -2.27. The Bertz CT molecular complexity index is 607. The minimum absolute atomic E-state index is 0.193. The molecular formula is C20H27NO3. The highest BCUT2D eigenvalue weighted by Crippen LogP contribution is 2.36. The Labute approximate surface area is 144 Å². The van der Waals surface area contributed by atoms with E-state index in [1.165, 1.54) is 38.5 Å². The van der Waals surface area contributed by atoms with E-state index in [4.69, 9.17) is 5.11 Å². The minimum atomic E-state index is -1.08. The number of carbonyl (C=O) groups excluding carboxylic acids is 1. The molecule has 0 spiro atoms. The fourth-order valence-corrected chi connectivity index (χ4v) is 3.20. The van der Waals surface area contributed by atoms with E-state index in [1.54, 1.807) is 4.90 Å². The van der Waals surface area contributed by atoms with Crippen molar-refractivity contribution >= 4 is 23.1 Å². The first-order chi connectivity index (χ1) is 11.6. The Morgan fingerprint density at radius 3 is 2.33 bits per heavy atom. The summed E-state index contributed by atoms with van der Waals surface area (Å²) in [5.74, 6) is -1.27. The largest absolute Gasteiger partial charge is 0.478 e. The van der Waals surface area contributed by atoms with Gasteiger partial charge in [-0.05, 0) is 12.5 Å². The zero-order chi connectivity index (χ0) is 17.4. The number of carbonyl (C=O) groups is 2. The molecule has 0 fully saturated rings. The summed E-state index contributed by atoms with van der Waals surface area (Å²) in [6.07, 6.45) is 10.7. The molecule has 0 aliphatic carbocycles. The molecule has 24 heavy (non-hydrogen) atoms. The number of anilines is 1. The maximum Gasteiger partial charge on any atom is 0.329 e. The van der Waals surface area contributed by atoms with Crippen LogP contribution in [0.15, 0.2) is 30.3 Å². The van der Waals surface area contributed by atoms with Gasteiger partial charge in [0.1, 0.15) is 0 Å². The Morgan fingerprint density at radius 1 is 1.04 bits per heavy atom. The summed E-state index contributed by atoms with van der Waals surface area (Å²) in [5, 5.41) is 8.99. The van der Waals surface area contributed by atoms with Gasteiger partial charge in [0.15, 0.2) is 0 Å². The molecule has 0 bridgehead atoms. The number of rotatable bonds is 10. The van der Waals surface area contributed by atoms with E-state index in [1.807, 2.05) is 24.3 Å². The Balaban J connectivity index is 1.87. The molecule has 1 aromatic carbocycles. The van der Waals surface area contributed by atoms with Gasteiger partial charge in [0, 0.05) is 18.2 Å². The number of unbranched alkanes of at least 4 members (excludes halogenated alkanes) is 7. The number of hydrogen-bond acceptors (Lipinski definition) is 2. The van der Waals surface area contributed by atoms with Crippen LogP contribution >= 0.6 is 0 Å². The summed E-state index contributed by atoms with van der Waals surface area (Å²) in [6, 6.07) is 7.43. The van der Waals surface area contributed by atoms with Crippen molar-refractivity contribution in [2.45, 2.75) is 58.3 Å². The SMILES string of the molecule is CCCCCCCCCCN1C(=O)/C(=C\C(=O)O)c2ccccc21. The van der Waals surface area contributed by atoms with Crippen molar-refractivity contribution in [2.75, 3.05) is 11.4 Å². The number of amides is 1. The van der Waals surface area contributed by atoms with Crippen LogP contribution in [0.2, 0.25) is 0 Å². The first-order valence-electron chi connectivity index (χ1n) is 9.01. The highest BCUT2D eigenvalue weighted by atomic mass is 16.4. The molecule has 4 heteroatoms. The minimum Gasteiger partial charge on any atom is -0.478 e. The molecule has 0 unspecified atom stereocenters. The Hall–Kier alpha value is -2.10. The number of carboxylic acid groups (broad SMARTS) is 1. The molecule has 0 radical (unpaired) electrons. The fourth-order valence-electron chi connectivity index (χ4n) is 3.20. The molecule has 0 aromatic heterocycles. The number of fused-ring (bicyclic) bond motifs is 1. The van der Waals surface area contributed by atoms with Crippen LogP contribution in [0.1, 0.15) is 63.9 Å². The molecule has 130 valence electrons. The molecular weight excluding hydrogens is 302 g/mol. The second-order valence-corrected chi connectivity index (χ2v) is 6.35. The molecule has 1 N–H and O–H groups in total. The van der Waals surface area contributed by atoms with Crippen LogP contribution < -0.4 is 4.90 Å². The summed E-state index contributed by atoms with van der Waals surface area (Å²) < 4.78 is 0. The predicted molar refractivity (Wildman–Crippen MR) is 97.0 cm³/mol. The van der Waals surface area contributed by atoms with Gasteiger partial charge in [-0.25, -0.2) is 4.79 Å². The number of benzene rings is 1. The van der Waals surface area contributed by atoms with Gasteiger partial charge in [0.2, 0.25) is 0 Å². The molecule has 1 aliphatic heterocycles. The van der Waals surface area contributed by atoms with E-state index < -0.39 is 5.97 Å². The third-order valence-corrected chi connectivity index (χ3v) is 4.46. The smallest absolute Gasteiger partial charge is 0.329 e. The van der Waals surface area contributed by atoms with Crippen LogP contribution in [0, 0.1) is 0 Å². The quantitative estimate of drug-likeness (QED) is 0.502. The van der Waals surface area contributed by atoms with Gasteiger partial charge < -0.3 is 10.0 Å². The van der Waals surface area contributed by atoms with Crippen LogP contribution in [0.4, 0.5) is 5.69 Å². The maximum absolute atomic E-state index is 12.5. The van der Waals surface area contributed by atoms with Crippen molar-refractivity contribution < 1.29 is 14.7 Å². The zero-order valence-electron chi connectivity index (χ0n) is 14.5. The first kappa shape index (κ1) is 18.2. The van der Waals surface area contributed by atoms with Crippen LogP contribution in [0.25, 0.3) is 5.57 Å². The van der Waals surface area contributed by atoms with Gasteiger partial charge in [-0.1, -0.05) is 70.1 Å². The topological polar surface area (TPSA) is 57.6 Å². The van der Waals surface area contributed by atoms with E-state index in [0.717, 1.165) is 30.2 Å². The lowest BCUT2D eigenvalue weighted by atomic mass is 10.1. The van der Waals surface area contributed by atoms with Gasteiger partial charge in [0.05, 0.1) is 11.3 Å². The third kappa shape index (κ3) is 4.70. The zero-order valence-corrected chi connectivity index (χ0v) is 14.5. The molecule has 1 aliphatic rings. The Kier molecular flexibility index (Phi) is 7.04. The number of para-hydroxylation sites is 1. The van der Waals surface area contributed by atoms with Crippen LogP contribution in [-0.2, 0) is 9.59 Å². The van der Waals surface area contributed by atoms with Crippen LogP contribution in [0.3, 0.4) is 0 Å². The molecule has 4 nitrogen and oxygen atoms in total. The molecule has 1 amide bonds. The lowest BCUT2D eigenvalue weighted by molar-refractivity contribution is -0.131. The average molecular weight is 329 g/mol. The van der Waals surface area contributed by atoms with Crippen molar-refractivity contribution in [3.8, 4) is 0 Å².